The summed E-state index contributed by atoms with van der Waals surface area (Å²) in [6, 6.07) is 6.82. The van der Waals surface area contributed by atoms with Crippen molar-refractivity contribution in [2.45, 2.75) is 38.9 Å². The number of rotatable bonds is 2. The molecule has 110 valence electrons. The zero-order valence-electron chi connectivity index (χ0n) is 12.1. The first-order chi connectivity index (χ1) is 9.87. The van der Waals surface area contributed by atoms with Crippen LogP contribution in [-0.4, -0.2) is 17.7 Å². The Labute approximate surface area is 121 Å². The summed E-state index contributed by atoms with van der Waals surface area (Å²) in [6.07, 6.45) is 0.215. The van der Waals surface area contributed by atoms with E-state index in [1.807, 2.05) is 26.0 Å². The molecular formula is C16H16O5. The van der Waals surface area contributed by atoms with Crippen LogP contribution >= 0.6 is 0 Å². The predicted molar refractivity (Wildman–Crippen MR) is 76.4 cm³/mol. The molecule has 1 aliphatic heterocycles. The summed E-state index contributed by atoms with van der Waals surface area (Å²) >= 11 is 0. The van der Waals surface area contributed by atoms with Crippen LogP contribution in [0.25, 0.3) is 11.0 Å². The van der Waals surface area contributed by atoms with Crippen molar-refractivity contribution < 1.29 is 18.7 Å². The van der Waals surface area contributed by atoms with E-state index in [9.17, 15) is 9.59 Å². The third-order valence-corrected chi connectivity index (χ3v) is 3.69. The maximum absolute atomic E-state index is 11.4. The van der Waals surface area contributed by atoms with Crippen molar-refractivity contribution in [1.82, 2.24) is 0 Å². The molecule has 0 saturated heterocycles. The van der Waals surface area contributed by atoms with Gasteiger partial charge in [0.25, 0.3) is 0 Å². The predicted octanol–water partition coefficient (Wildman–Crippen LogP) is 2.44. The number of hydrogen-bond acceptors (Lipinski definition) is 5. The lowest BCUT2D eigenvalue weighted by atomic mass is 9.96. The van der Waals surface area contributed by atoms with Crippen molar-refractivity contribution in [2.24, 2.45) is 0 Å². The van der Waals surface area contributed by atoms with Gasteiger partial charge in [0.15, 0.2) is 0 Å². The van der Waals surface area contributed by atoms with E-state index in [4.69, 9.17) is 13.9 Å². The van der Waals surface area contributed by atoms with Crippen LogP contribution in [0.15, 0.2) is 33.5 Å². The first kappa shape index (κ1) is 13.7. The van der Waals surface area contributed by atoms with Gasteiger partial charge in [0, 0.05) is 30.4 Å². The summed E-state index contributed by atoms with van der Waals surface area (Å²) in [5.74, 6) is 0.318. The molecule has 5 heteroatoms. The molecule has 3 rings (SSSR count). The zero-order valence-corrected chi connectivity index (χ0v) is 12.1. The van der Waals surface area contributed by atoms with Crippen LogP contribution in [0.2, 0.25) is 0 Å². The number of fused-ring (bicyclic) bond motifs is 3. The summed E-state index contributed by atoms with van der Waals surface area (Å²) < 4.78 is 16.5. The molecule has 1 aromatic carbocycles. The van der Waals surface area contributed by atoms with E-state index in [1.165, 1.54) is 13.0 Å². The average Bonchev–Trinajstić information content (AvgIpc) is 2.82. The number of esters is 1. The summed E-state index contributed by atoms with van der Waals surface area (Å²) in [6.45, 7) is 4.99. The second-order valence-corrected chi connectivity index (χ2v) is 5.72. The first-order valence-corrected chi connectivity index (χ1v) is 6.79. The van der Waals surface area contributed by atoms with Gasteiger partial charge >= 0.3 is 11.6 Å². The zero-order chi connectivity index (χ0) is 15.2. The number of ether oxygens (including phenoxy) is 2. The van der Waals surface area contributed by atoms with Crippen molar-refractivity contribution in [3.63, 3.8) is 0 Å². The van der Waals surface area contributed by atoms with Crippen LogP contribution in [-0.2, 0) is 16.0 Å². The molecule has 5 nitrogen and oxygen atoms in total. The van der Waals surface area contributed by atoms with Gasteiger partial charge in [-0.1, -0.05) is 0 Å². The summed E-state index contributed by atoms with van der Waals surface area (Å²) in [5.41, 5.74) is 0.238. The third-order valence-electron chi connectivity index (χ3n) is 3.69. The Morgan fingerprint density at radius 2 is 2.00 bits per heavy atom. The van der Waals surface area contributed by atoms with E-state index >= 15 is 0 Å². The van der Waals surface area contributed by atoms with E-state index in [1.54, 1.807) is 6.07 Å². The van der Waals surface area contributed by atoms with Gasteiger partial charge in [-0.25, -0.2) is 4.79 Å². The van der Waals surface area contributed by atoms with Crippen LogP contribution in [0, 0.1) is 0 Å². The maximum atomic E-state index is 11.4. The van der Waals surface area contributed by atoms with Crippen LogP contribution in [0.3, 0.4) is 0 Å². The number of benzene rings is 1. The lowest BCUT2D eigenvalue weighted by Crippen LogP contribution is -2.43. The molecule has 0 unspecified atom stereocenters. The molecule has 0 amide bonds. The van der Waals surface area contributed by atoms with Gasteiger partial charge in [-0.3, -0.25) is 4.79 Å². The third kappa shape index (κ3) is 2.39. The van der Waals surface area contributed by atoms with Crippen molar-refractivity contribution in [3.8, 4) is 5.75 Å². The standard InChI is InChI=1S/C16H16O5/c1-9(17)21-16(2,3)13-8-11-12(19-13)6-4-10-5-7-14(18)20-15(10)11/h4-7,13H,8H2,1-3H3/t13-/m1/s1. The van der Waals surface area contributed by atoms with Crippen LogP contribution in [0.4, 0.5) is 0 Å². The number of hydrogen-bond donors (Lipinski definition) is 0. The highest BCUT2D eigenvalue weighted by molar-refractivity contribution is 5.82. The fourth-order valence-electron chi connectivity index (χ4n) is 2.68. The van der Waals surface area contributed by atoms with Crippen molar-refractivity contribution in [3.05, 3.63) is 40.2 Å². The fraction of sp³-hybridized carbons (Fsp3) is 0.375. The van der Waals surface area contributed by atoms with Gasteiger partial charge in [0.1, 0.15) is 23.0 Å². The summed E-state index contributed by atoms with van der Waals surface area (Å²) in [7, 11) is 0. The first-order valence-electron chi connectivity index (χ1n) is 6.79. The van der Waals surface area contributed by atoms with Crippen molar-refractivity contribution >= 4 is 16.9 Å². The molecule has 0 saturated carbocycles. The lowest BCUT2D eigenvalue weighted by molar-refractivity contribution is -0.161. The molecule has 0 aliphatic carbocycles. The van der Waals surface area contributed by atoms with Gasteiger partial charge in [-0.2, -0.15) is 0 Å². The molecule has 0 spiro atoms. The van der Waals surface area contributed by atoms with Gasteiger partial charge in [-0.15, -0.1) is 0 Å². The molecule has 2 aromatic rings. The number of carbonyl (C=O) groups is 1. The van der Waals surface area contributed by atoms with Gasteiger partial charge in [0.2, 0.25) is 0 Å². The highest BCUT2D eigenvalue weighted by atomic mass is 16.6. The van der Waals surface area contributed by atoms with E-state index in [-0.39, 0.29) is 12.1 Å². The smallest absolute Gasteiger partial charge is 0.336 e. The topological polar surface area (TPSA) is 65.7 Å². The Morgan fingerprint density at radius 3 is 2.71 bits per heavy atom. The van der Waals surface area contributed by atoms with Crippen LogP contribution in [0.5, 0.6) is 5.75 Å². The second kappa shape index (κ2) is 4.62. The molecule has 0 bridgehead atoms. The Balaban J connectivity index is 2.01. The van der Waals surface area contributed by atoms with Gasteiger partial charge in [-0.05, 0) is 32.0 Å². The second-order valence-electron chi connectivity index (χ2n) is 5.72. The Hall–Kier alpha value is -2.30. The van der Waals surface area contributed by atoms with Crippen LogP contribution in [0.1, 0.15) is 26.3 Å². The molecule has 1 aromatic heterocycles. The summed E-state index contributed by atoms with van der Waals surface area (Å²) in [4.78, 5) is 22.6. The minimum Gasteiger partial charge on any atom is -0.485 e. The molecule has 2 heterocycles. The summed E-state index contributed by atoms with van der Waals surface area (Å²) in [5, 5.41) is 0.850. The monoisotopic (exact) mass is 288 g/mol. The molecular weight excluding hydrogens is 272 g/mol. The lowest BCUT2D eigenvalue weighted by Gasteiger charge is -2.30. The normalized spacial score (nSPS) is 17.4. The van der Waals surface area contributed by atoms with Crippen molar-refractivity contribution in [2.75, 3.05) is 0 Å². The maximum Gasteiger partial charge on any atom is 0.336 e. The molecule has 1 aliphatic rings. The minimum atomic E-state index is -0.758. The Morgan fingerprint density at radius 1 is 1.29 bits per heavy atom. The Bertz CT molecular complexity index is 772. The average molecular weight is 288 g/mol. The number of carbonyl (C=O) groups excluding carboxylic acids is 1. The molecule has 1 atom stereocenters. The minimum absolute atomic E-state index is 0.312. The molecule has 0 fully saturated rings. The van der Waals surface area contributed by atoms with E-state index < -0.39 is 11.2 Å². The molecule has 0 radical (unpaired) electrons. The molecule has 21 heavy (non-hydrogen) atoms. The Kier molecular flexibility index (Phi) is 3.01. The molecule has 0 N–H and O–H groups in total. The van der Waals surface area contributed by atoms with Gasteiger partial charge in [0.05, 0.1) is 0 Å². The van der Waals surface area contributed by atoms with E-state index in [0.717, 1.165) is 10.9 Å². The van der Waals surface area contributed by atoms with Crippen LogP contribution < -0.4 is 10.4 Å². The van der Waals surface area contributed by atoms with Crippen molar-refractivity contribution in [1.29, 1.82) is 0 Å². The fourth-order valence-corrected chi connectivity index (χ4v) is 2.68. The quantitative estimate of drug-likeness (QED) is 0.627. The van der Waals surface area contributed by atoms with Gasteiger partial charge < -0.3 is 13.9 Å². The largest absolute Gasteiger partial charge is 0.485 e. The SMILES string of the molecule is CC(=O)OC(C)(C)[C@H]1Cc2c(ccc3ccc(=O)oc23)O1. The highest BCUT2D eigenvalue weighted by Crippen LogP contribution is 2.38. The highest BCUT2D eigenvalue weighted by Gasteiger charge is 2.40. The van der Waals surface area contributed by atoms with E-state index in [0.29, 0.717) is 17.8 Å². The van der Waals surface area contributed by atoms with E-state index in [2.05, 4.69) is 0 Å².